The van der Waals surface area contributed by atoms with Crippen LogP contribution in [0.2, 0.25) is 18.1 Å². The first-order valence-corrected chi connectivity index (χ1v) is 16.1. The first-order valence-electron chi connectivity index (χ1n) is 11.7. The van der Waals surface area contributed by atoms with Gasteiger partial charge >= 0.3 is 6.18 Å². The molecule has 3 aromatic rings. The number of alkyl halides is 3. The number of Topliss-reactive ketones (excluding diaryl/α,β-unsaturated/α-hetero) is 1. The third-order valence-electron chi connectivity index (χ3n) is 6.78. The van der Waals surface area contributed by atoms with Gasteiger partial charge in [-0.05, 0) is 61.8 Å². The van der Waals surface area contributed by atoms with Crippen LogP contribution in [0.1, 0.15) is 62.2 Å². The van der Waals surface area contributed by atoms with Gasteiger partial charge in [0.25, 0.3) is 0 Å². The van der Waals surface area contributed by atoms with Crippen molar-refractivity contribution in [3.05, 3.63) is 59.2 Å². The molecule has 0 saturated carbocycles. The average Bonchev–Trinajstić information content (AvgIpc) is 3.11. The van der Waals surface area contributed by atoms with Gasteiger partial charge in [-0.3, -0.25) is 4.79 Å². The van der Waals surface area contributed by atoms with E-state index >= 15 is 0 Å². The number of anilines is 1. The van der Waals surface area contributed by atoms with Gasteiger partial charge in [0.05, 0.1) is 21.8 Å². The van der Waals surface area contributed by atoms with Crippen LogP contribution in [-0.4, -0.2) is 36.7 Å². The van der Waals surface area contributed by atoms with Crippen molar-refractivity contribution in [1.29, 1.82) is 0 Å². The number of hydrogen-bond acceptors (Lipinski definition) is 6. The summed E-state index contributed by atoms with van der Waals surface area (Å²) in [5, 5.41) is -1.24. The molecule has 0 aliphatic heterocycles. The van der Waals surface area contributed by atoms with E-state index in [-0.39, 0.29) is 28.1 Å². The second kappa shape index (κ2) is 9.55. The minimum Gasteiger partial charge on any atom is -0.403 e. The largest absolute Gasteiger partial charge is 0.416 e. The Bertz CT molecular complexity index is 1440. The minimum atomic E-state index is -4.71. The lowest BCUT2D eigenvalue weighted by atomic mass is 9.95. The van der Waals surface area contributed by atoms with E-state index in [0.29, 0.717) is 0 Å². The number of halogens is 3. The summed E-state index contributed by atoms with van der Waals surface area (Å²) in [5.41, 5.74) is 4.91. The maximum absolute atomic E-state index is 14.0. The van der Waals surface area contributed by atoms with E-state index < -0.39 is 52.3 Å². The fourth-order valence-corrected chi connectivity index (χ4v) is 5.89. The van der Waals surface area contributed by atoms with Crippen molar-refractivity contribution in [2.24, 2.45) is 0 Å². The van der Waals surface area contributed by atoms with Crippen LogP contribution in [0, 0.1) is 0 Å². The van der Waals surface area contributed by atoms with Crippen LogP contribution < -0.4 is 5.73 Å². The molecular weight excluding hydrogens is 523 g/mol. The molecule has 202 valence electrons. The van der Waals surface area contributed by atoms with Gasteiger partial charge in [0.1, 0.15) is 6.10 Å². The van der Waals surface area contributed by atoms with Crippen molar-refractivity contribution in [3.8, 4) is 0 Å². The first-order chi connectivity index (χ1) is 16.8. The number of carbonyl (C=O) groups is 1. The Morgan fingerprint density at radius 3 is 2.22 bits per heavy atom. The molecule has 2 N–H and O–H groups in total. The number of ketones is 1. The van der Waals surface area contributed by atoms with Crippen LogP contribution >= 0.6 is 0 Å². The standard InChI is InChI=1S/C25H32F3N3O4SSi/c1-15(2)36(33,34)31-20-14-16(12-13-19(20)30-23(31)29)21(32)22(35-37(6,7)24(3,4)5)17-10-8-9-11-18(17)25(26,27)28/h8-15,22H,1-7H3,(H2,29,30). The molecule has 37 heavy (non-hydrogen) atoms. The number of fused-ring (bicyclic) bond motifs is 1. The highest BCUT2D eigenvalue weighted by atomic mass is 32.2. The summed E-state index contributed by atoms with van der Waals surface area (Å²) in [6.07, 6.45) is -6.28. The van der Waals surface area contributed by atoms with Gasteiger partial charge < -0.3 is 10.2 Å². The Labute approximate surface area is 216 Å². The Kier molecular flexibility index (Phi) is 7.45. The third kappa shape index (κ3) is 5.46. The van der Waals surface area contributed by atoms with Gasteiger partial charge in [-0.1, -0.05) is 39.0 Å². The van der Waals surface area contributed by atoms with E-state index in [1.165, 1.54) is 50.2 Å². The maximum Gasteiger partial charge on any atom is 0.416 e. The summed E-state index contributed by atoms with van der Waals surface area (Å²) in [4.78, 5) is 18.0. The summed E-state index contributed by atoms with van der Waals surface area (Å²) in [6, 6.07) is 8.94. The van der Waals surface area contributed by atoms with Crippen molar-refractivity contribution < 1.29 is 30.8 Å². The van der Waals surface area contributed by atoms with Crippen LogP contribution in [0.25, 0.3) is 11.0 Å². The number of hydrogen-bond donors (Lipinski definition) is 1. The van der Waals surface area contributed by atoms with Crippen molar-refractivity contribution in [2.75, 3.05) is 5.73 Å². The Hall–Kier alpha value is -2.70. The number of rotatable bonds is 7. The average molecular weight is 556 g/mol. The molecule has 1 heterocycles. The predicted octanol–water partition coefficient (Wildman–Crippen LogP) is 6.17. The highest BCUT2D eigenvalue weighted by Gasteiger charge is 2.44. The van der Waals surface area contributed by atoms with Gasteiger partial charge in [0, 0.05) is 5.56 Å². The lowest BCUT2D eigenvalue weighted by Crippen LogP contribution is -2.43. The summed E-state index contributed by atoms with van der Waals surface area (Å²) >= 11 is 0. The molecule has 0 fully saturated rings. The van der Waals surface area contributed by atoms with Gasteiger partial charge in [-0.2, -0.15) is 13.2 Å². The van der Waals surface area contributed by atoms with Crippen LogP contribution in [0.5, 0.6) is 0 Å². The van der Waals surface area contributed by atoms with Gasteiger partial charge in [-0.15, -0.1) is 0 Å². The second-order valence-electron chi connectivity index (χ2n) is 10.7. The van der Waals surface area contributed by atoms with Crippen LogP contribution in [0.15, 0.2) is 42.5 Å². The second-order valence-corrected chi connectivity index (χ2v) is 17.8. The number of imidazole rings is 1. The number of nitrogens with two attached hydrogens (primary N) is 1. The molecule has 0 amide bonds. The molecule has 0 bridgehead atoms. The van der Waals surface area contributed by atoms with E-state index in [0.717, 1.165) is 10.0 Å². The number of carbonyl (C=O) groups excluding carboxylic acids is 1. The number of benzene rings is 2. The lowest BCUT2D eigenvalue weighted by molar-refractivity contribution is -0.138. The molecule has 0 spiro atoms. The molecule has 1 unspecified atom stereocenters. The van der Waals surface area contributed by atoms with E-state index in [9.17, 15) is 26.4 Å². The highest BCUT2D eigenvalue weighted by molar-refractivity contribution is 7.90. The number of nitrogen functional groups attached to an aromatic ring is 1. The molecule has 0 aliphatic carbocycles. The van der Waals surface area contributed by atoms with Crippen molar-refractivity contribution in [1.82, 2.24) is 8.96 Å². The quantitative estimate of drug-likeness (QED) is 0.276. The van der Waals surface area contributed by atoms with Crippen molar-refractivity contribution in [2.45, 2.75) is 70.3 Å². The summed E-state index contributed by atoms with van der Waals surface area (Å²) < 4.78 is 74.9. The third-order valence-corrected chi connectivity index (χ3v) is 13.3. The van der Waals surface area contributed by atoms with E-state index in [2.05, 4.69) is 4.98 Å². The van der Waals surface area contributed by atoms with Gasteiger partial charge in [-0.25, -0.2) is 17.4 Å². The van der Waals surface area contributed by atoms with Crippen molar-refractivity contribution in [3.63, 3.8) is 0 Å². The lowest BCUT2D eigenvalue weighted by Gasteiger charge is -2.39. The Morgan fingerprint density at radius 1 is 1.08 bits per heavy atom. The molecule has 3 rings (SSSR count). The van der Waals surface area contributed by atoms with Gasteiger partial charge in [0.15, 0.2) is 14.1 Å². The summed E-state index contributed by atoms with van der Waals surface area (Å²) in [7, 11) is -6.69. The molecule has 2 aromatic carbocycles. The zero-order chi connectivity index (χ0) is 28.1. The Morgan fingerprint density at radius 2 is 1.68 bits per heavy atom. The maximum atomic E-state index is 14.0. The van der Waals surface area contributed by atoms with Crippen LogP contribution in [0.4, 0.5) is 19.1 Å². The summed E-state index contributed by atoms with van der Waals surface area (Å²) in [5.74, 6) is -0.999. The topological polar surface area (TPSA) is 104 Å². The number of aromatic nitrogens is 2. The monoisotopic (exact) mass is 555 g/mol. The summed E-state index contributed by atoms with van der Waals surface area (Å²) in [6.45, 7) is 12.4. The minimum absolute atomic E-state index is 0.0201. The van der Waals surface area contributed by atoms with Crippen LogP contribution in [-0.2, 0) is 20.6 Å². The molecule has 0 aliphatic rings. The SMILES string of the molecule is CC(C)S(=O)(=O)n1c(N)nc2ccc(C(=O)C(O[Si](C)(C)C(C)(C)C)c3ccccc3C(F)(F)F)cc21. The van der Waals surface area contributed by atoms with E-state index in [1.807, 2.05) is 33.9 Å². The smallest absolute Gasteiger partial charge is 0.403 e. The molecule has 1 aromatic heterocycles. The fourth-order valence-electron chi connectivity index (χ4n) is 3.57. The van der Waals surface area contributed by atoms with Crippen LogP contribution in [0.3, 0.4) is 0 Å². The highest BCUT2D eigenvalue weighted by Crippen LogP contribution is 2.43. The first kappa shape index (κ1) is 28.9. The molecular formula is C25H32F3N3O4SSi. The molecule has 0 saturated heterocycles. The molecule has 1 atom stereocenters. The Balaban J connectivity index is 2.25. The zero-order valence-corrected chi connectivity index (χ0v) is 23.7. The van der Waals surface area contributed by atoms with E-state index in [1.54, 1.807) is 0 Å². The van der Waals surface area contributed by atoms with Crippen molar-refractivity contribution >= 4 is 41.1 Å². The van der Waals surface area contributed by atoms with Gasteiger partial charge in [0.2, 0.25) is 16.0 Å². The van der Waals surface area contributed by atoms with E-state index in [4.69, 9.17) is 10.2 Å². The normalized spacial score (nSPS) is 14.4. The molecule has 12 heteroatoms. The molecule has 0 radical (unpaired) electrons. The predicted molar refractivity (Wildman–Crippen MR) is 140 cm³/mol. The fraction of sp³-hybridized carbons (Fsp3) is 0.440. The zero-order valence-electron chi connectivity index (χ0n) is 21.8. The molecule has 7 nitrogen and oxygen atoms in total. The number of nitrogens with zero attached hydrogens (tertiary/aromatic N) is 2.